The molecule has 0 aliphatic carbocycles. The molecule has 0 atom stereocenters. The number of rotatable bonds is 12. The van der Waals surface area contributed by atoms with Gasteiger partial charge in [-0.15, -0.1) is 0 Å². The summed E-state index contributed by atoms with van der Waals surface area (Å²) in [6, 6.07) is 11.3. The second-order valence-electron chi connectivity index (χ2n) is 6.29. The Morgan fingerprint density at radius 3 is 1.21 bits per heavy atom. The first-order valence-electron chi connectivity index (χ1n) is 9.02. The van der Waals surface area contributed by atoms with Crippen LogP contribution in [0, 0.1) is 45.3 Å². The van der Waals surface area contributed by atoms with Gasteiger partial charge in [-0.05, 0) is 6.07 Å². The number of hydrogen-bond acceptors (Lipinski definition) is 8. The van der Waals surface area contributed by atoms with E-state index in [0.29, 0.717) is 76.1 Å². The van der Waals surface area contributed by atoms with E-state index in [1.807, 2.05) is 9.80 Å². The van der Waals surface area contributed by atoms with Crippen LogP contribution in [0.4, 0.5) is 0 Å². The Morgan fingerprint density at radius 2 is 0.929 bits per heavy atom. The van der Waals surface area contributed by atoms with Crippen molar-refractivity contribution in [3.63, 3.8) is 0 Å². The molecule has 1 rings (SSSR count). The highest BCUT2D eigenvalue weighted by Crippen LogP contribution is 2.29. The fourth-order valence-corrected chi connectivity index (χ4v) is 2.78. The van der Waals surface area contributed by atoms with Gasteiger partial charge >= 0.3 is 0 Å². The molecule has 0 aliphatic heterocycles. The minimum absolute atomic E-state index is 0.0548. The van der Waals surface area contributed by atoms with E-state index in [9.17, 15) is 10.2 Å². The Hall–Kier alpha value is -3.30. The molecule has 8 heteroatoms. The smallest absolute Gasteiger partial charge is 0.123 e. The minimum Gasteiger partial charge on any atom is -0.507 e. The van der Waals surface area contributed by atoms with E-state index in [2.05, 4.69) is 24.3 Å². The summed E-state index contributed by atoms with van der Waals surface area (Å²) in [6.07, 6.45) is 1.25. The van der Waals surface area contributed by atoms with Crippen molar-refractivity contribution in [3.8, 4) is 35.8 Å². The lowest BCUT2D eigenvalue weighted by atomic mass is 10.1. The number of nitrogens with zero attached hydrogens (tertiary/aromatic N) is 6. The van der Waals surface area contributed by atoms with E-state index in [0.717, 1.165) is 0 Å². The number of benzene rings is 1. The third kappa shape index (κ3) is 7.94. The van der Waals surface area contributed by atoms with Crippen molar-refractivity contribution in [2.75, 3.05) is 26.2 Å². The minimum atomic E-state index is -0.0548. The highest BCUT2D eigenvalue weighted by molar-refractivity contribution is 5.45. The second-order valence-corrected chi connectivity index (χ2v) is 6.29. The highest BCUT2D eigenvalue weighted by Gasteiger charge is 2.15. The zero-order chi connectivity index (χ0) is 20.8. The summed E-state index contributed by atoms with van der Waals surface area (Å²) in [4.78, 5) is 3.82. The Labute approximate surface area is 165 Å². The van der Waals surface area contributed by atoms with Crippen molar-refractivity contribution in [1.82, 2.24) is 9.80 Å². The van der Waals surface area contributed by atoms with Gasteiger partial charge in [0.1, 0.15) is 11.5 Å². The summed E-state index contributed by atoms with van der Waals surface area (Å²) in [6.45, 7) is 2.60. The van der Waals surface area contributed by atoms with Gasteiger partial charge in [0, 0.05) is 82.1 Å². The van der Waals surface area contributed by atoms with Gasteiger partial charge in [0.05, 0.1) is 24.3 Å². The Kier molecular flexibility index (Phi) is 10.5. The maximum Gasteiger partial charge on any atom is 0.123 e. The molecule has 0 unspecified atom stereocenters. The first-order chi connectivity index (χ1) is 13.5. The van der Waals surface area contributed by atoms with Crippen LogP contribution in [0.15, 0.2) is 12.1 Å². The third-order valence-corrected chi connectivity index (χ3v) is 4.23. The van der Waals surface area contributed by atoms with E-state index < -0.39 is 0 Å². The molecule has 1 aromatic rings. The van der Waals surface area contributed by atoms with E-state index in [4.69, 9.17) is 21.0 Å². The maximum atomic E-state index is 10.2. The third-order valence-electron chi connectivity index (χ3n) is 4.23. The summed E-state index contributed by atoms with van der Waals surface area (Å²) < 4.78 is 0. The van der Waals surface area contributed by atoms with Crippen LogP contribution in [-0.4, -0.2) is 46.2 Å². The molecule has 0 bridgehead atoms. The Morgan fingerprint density at radius 1 is 0.607 bits per heavy atom. The van der Waals surface area contributed by atoms with Crippen LogP contribution in [0.5, 0.6) is 11.5 Å². The van der Waals surface area contributed by atoms with Gasteiger partial charge < -0.3 is 10.2 Å². The highest BCUT2D eigenvalue weighted by atomic mass is 16.3. The number of aromatic hydroxyl groups is 2. The molecule has 28 heavy (non-hydrogen) atoms. The van der Waals surface area contributed by atoms with Crippen LogP contribution in [0.1, 0.15) is 36.8 Å². The number of phenolic OH excluding ortho intramolecular Hbond substituents is 2. The molecule has 0 saturated heterocycles. The van der Waals surface area contributed by atoms with Crippen LogP contribution in [0.3, 0.4) is 0 Å². The monoisotopic (exact) mass is 380 g/mol. The van der Waals surface area contributed by atoms with E-state index in [-0.39, 0.29) is 11.5 Å². The molecular weight excluding hydrogens is 356 g/mol. The van der Waals surface area contributed by atoms with Crippen LogP contribution in [-0.2, 0) is 13.1 Å². The summed E-state index contributed by atoms with van der Waals surface area (Å²) in [5, 5.41) is 55.7. The summed E-state index contributed by atoms with van der Waals surface area (Å²) in [5.74, 6) is -0.110. The summed E-state index contributed by atoms with van der Waals surface area (Å²) >= 11 is 0. The molecular formula is C20H24N6O2. The zero-order valence-corrected chi connectivity index (χ0v) is 15.8. The topological polar surface area (TPSA) is 142 Å². The first-order valence-corrected chi connectivity index (χ1v) is 9.02. The second kappa shape index (κ2) is 13.0. The van der Waals surface area contributed by atoms with Crippen molar-refractivity contribution in [1.29, 1.82) is 21.0 Å². The molecule has 0 radical (unpaired) electrons. The summed E-state index contributed by atoms with van der Waals surface area (Å²) in [5.41, 5.74) is 1.17. The van der Waals surface area contributed by atoms with Gasteiger partial charge in [0.25, 0.3) is 0 Å². The van der Waals surface area contributed by atoms with Gasteiger partial charge in [-0.3, -0.25) is 9.80 Å². The van der Waals surface area contributed by atoms with Crippen molar-refractivity contribution < 1.29 is 10.2 Å². The summed E-state index contributed by atoms with van der Waals surface area (Å²) in [7, 11) is 0. The van der Waals surface area contributed by atoms with Gasteiger partial charge in [-0.25, -0.2) is 0 Å². The molecule has 0 spiro atoms. The van der Waals surface area contributed by atoms with Gasteiger partial charge in [0.15, 0.2) is 0 Å². The lowest BCUT2D eigenvalue weighted by Crippen LogP contribution is -2.26. The Bertz CT molecular complexity index is 698. The average molecular weight is 380 g/mol. The van der Waals surface area contributed by atoms with Gasteiger partial charge in [-0.2, -0.15) is 21.0 Å². The van der Waals surface area contributed by atoms with Crippen molar-refractivity contribution >= 4 is 0 Å². The van der Waals surface area contributed by atoms with E-state index in [1.54, 1.807) is 6.07 Å². The van der Waals surface area contributed by atoms with Crippen LogP contribution in [0.2, 0.25) is 0 Å². The van der Waals surface area contributed by atoms with Gasteiger partial charge in [0.2, 0.25) is 0 Å². The van der Waals surface area contributed by atoms with Crippen molar-refractivity contribution in [3.05, 3.63) is 23.3 Å². The van der Waals surface area contributed by atoms with E-state index >= 15 is 0 Å². The Balaban J connectivity index is 2.99. The van der Waals surface area contributed by atoms with Gasteiger partial charge in [-0.1, -0.05) is 0 Å². The van der Waals surface area contributed by atoms with Crippen LogP contribution < -0.4 is 0 Å². The molecule has 0 aromatic heterocycles. The molecule has 0 heterocycles. The number of nitriles is 4. The average Bonchev–Trinajstić information content (AvgIpc) is 2.69. The predicted octanol–water partition coefficient (Wildman–Crippen LogP) is 2.36. The molecule has 0 amide bonds. The molecule has 0 fully saturated rings. The fraction of sp³-hybridized carbons (Fsp3) is 0.500. The largest absolute Gasteiger partial charge is 0.507 e. The maximum absolute atomic E-state index is 10.2. The first kappa shape index (κ1) is 22.7. The number of hydrogen-bond donors (Lipinski definition) is 2. The quantitative estimate of drug-likeness (QED) is 0.562. The standard InChI is InChI=1S/C20H24N6O2/c21-5-1-9-25(10-2-6-22)15-17-13-18(20(28)14-19(17)27)16-26(11-3-7-23)12-4-8-24/h13-14,27-28H,1-4,9-12,15-16H2. The molecule has 0 aliphatic rings. The lowest BCUT2D eigenvalue weighted by molar-refractivity contribution is 0.267. The normalized spacial score (nSPS) is 10.2. The molecule has 8 nitrogen and oxygen atoms in total. The molecule has 2 N–H and O–H groups in total. The zero-order valence-electron chi connectivity index (χ0n) is 15.8. The molecule has 146 valence electrons. The van der Waals surface area contributed by atoms with Crippen molar-refractivity contribution in [2.24, 2.45) is 0 Å². The van der Waals surface area contributed by atoms with Crippen molar-refractivity contribution in [2.45, 2.75) is 38.8 Å². The SMILES string of the molecule is N#CCCN(CCC#N)Cc1cc(CN(CCC#N)CCC#N)c(O)cc1O. The fourth-order valence-electron chi connectivity index (χ4n) is 2.78. The predicted molar refractivity (Wildman–Crippen MR) is 101 cm³/mol. The van der Waals surface area contributed by atoms with Crippen LogP contribution >= 0.6 is 0 Å². The van der Waals surface area contributed by atoms with Crippen LogP contribution in [0.25, 0.3) is 0 Å². The number of phenols is 2. The van der Waals surface area contributed by atoms with E-state index in [1.165, 1.54) is 6.07 Å². The molecule has 0 saturated carbocycles. The lowest BCUT2D eigenvalue weighted by Gasteiger charge is -2.23. The molecule has 1 aromatic carbocycles.